The Balaban J connectivity index is 1.41. The Bertz CT molecular complexity index is 1490. The highest BCUT2D eigenvalue weighted by molar-refractivity contribution is 7.22. The van der Waals surface area contributed by atoms with E-state index in [0.717, 1.165) is 21.5 Å². The Morgan fingerprint density at radius 3 is 2.55 bits per heavy atom. The summed E-state index contributed by atoms with van der Waals surface area (Å²) in [5.41, 5.74) is 4.83. The second-order valence-electron chi connectivity index (χ2n) is 7.61. The van der Waals surface area contributed by atoms with Crippen molar-refractivity contribution in [2.45, 2.75) is 13.5 Å². The molecule has 0 aliphatic carbocycles. The smallest absolute Gasteiger partial charge is 0.290 e. The summed E-state index contributed by atoms with van der Waals surface area (Å²) in [6.07, 6.45) is 6.01. The van der Waals surface area contributed by atoms with Crippen LogP contribution < -0.4 is 10.9 Å². The molecule has 7 nitrogen and oxygen atoms in total. The lowest BCUT2D eigenvalue weighted by molar-refractivity contribution is 0.102. The molecule has 0 fully saturated rings. The minimum Gasteiger partial charge on any atom is -0.326 e. The molecule has 0 aliphatic heterocycles. The summed E-state index contributed by atoms with van der Waals surface area (Å²) in [5.74, 6) is -0.322. The molecule has 0 saturated heterocycles. The van der Waals surface area contributed by atoms with Crippen molar-refractivity contribution in [3.05, 3.63) is 107 Å². The molecule has 1 N–H and O–H groups in total. The number of amides is 1. The number of hydrogen-bond acceptors (Lipinski definition) is 6. The zero-order valence-electron chi connectivity index (χ0n) is 17.7. The van der Waals surface area contributed by atoms with Gasteiger partial charge in [-0.05, 0) is 36.2 Å². The Labute approximate surface area is 193 Å². The maximum absolute atomic E-state index is 12.4. The van der Waals surface area contributed by atoms with Crippen LogP contribution in [0.2, 0.25) is 0 Å². The maximum atomic E-state index is 12.4. The molecule has 3 heterocycles. The number of aryl methyl sites for hydroxylation is 1. The van der Waals surface area contributed by atoms with Gasteiger partial charge in [0.1, 0.15) is 10.4 Å². The first kappa shape index (κ1) is 20.7. The van der Waals surface area contributed by atoms with Crippen LogP contribution in [-0.4, -0.2) is 25.4 Å². The van der Waals surface area contributed by atoms with Gasteiger partial charge >= 0.3 is 0 Å². The Hall–Kier alpha value is -4.17. The molecule has 0 spiro atoms. The van der Waals surface area contributed by atoms with Gasteiger partial charge in [-0.25, -0.2) is 4.98 Å². The van der Waals surface area contributed by atoms with Crippen molar-refractivity contribution < 1.29 is 4.79 Å². The third-order valence-corrected chi connectivity index (χ3v) is 6.39. The zero-order chi connectivity index (χ0) is 22.8. The molecule has 2 aromatic carbocycles. The highest BCUT2D eigenvalue weighted by atomic mass is 32.1. The van der Waals surface area contributed by atoms with E-state index in [-0.39, 0.29) is 17.2 Å². The van der Waals surface area contributed by atoms with E-state index in [1.165, 1.54) is 35.5 Å². The van der Waals surface area contributed by atoms with Crippen LogP contribution in [0.4, 0.5) is 5.69 Å². The number of anilines is 1. The summed E-state index contributed by atoms with van der Waals surface area (Å²) < 4.78 is 2.62. The van der Waals surface area contributed by atoms with E-state index in [1.807, 2.05) is 34.9 Å². The summed E-state index contributed by atoms with van der Waals surface area (Å²) in [6.45, 7) is 2.69. The van der Waals surface area contributed by atoms with Crippen LogP contribution in [0.3, 0.4) is 0 Å². The van der Waals surface area contributed by atoms with Gasteiger partial charge in [0.25, 0.3) is 11.5 Å². The van der Waals surface area contributed by atoms with Crippen LogP contribution in [0.15, 0.2) is 84.3 Å². The maximum Gasteiger partial charge on any atom is 0.290 e. The lowest BCUT2D eigenvalue weighted by atomic mass is 10.1. The molecule has 8 heteroatoms. The molecule has 0 atom stereocenters. The van der Waals surface area contributed by atoms with E-state index in [9.17, 15) is 9.59 Å². The summed E-state index contributed by atoms with van der Waals surface area (Å²) in [7, 11) is 0. The van der Waals surface area contributed by atoms with Crippen molar-refractivity contribution >= 4 is 33.1 Å². The number of carbonyl (C=O) groups is 1. The lowest BCUT2D eigenvalue weighted by Gasteiger charge is -2.08. The van der Waals surface area contributed by atoms with Crippen molar-refractivity contribution in [1.82, 2.24) is 19.5 Å². The van der Waals surface area contributed by atoms with Crippen LogP contribution in [0.1, 0.15) is 21.6 Å². The highest BCUT2D eigenvalue weighted by Crippen LogP contribution is 2.32. The first-order valence-electron chi connectivity index (χ1n) is 10.3. The van der Waals surface area contributed by atoms with Crippen molar-refractivity contribution in [3.63, 3.8) is 0 Å². The number of thiophene rings is 1. The monoisotopic (exact) mass is 453 g/mol. The standard InChI is InChI=1S/C25H19N5O2S/c1-16-2-4-17(5-3-16)14-30-15-28-25(32)23-21(30)12-22(33-23)18-6-8-19(9-7-18)29-24(31)20-13-26-10-11-27-20/h2-13,15H,14H2,1H3,(H,29,31). The van der Waals surface area contributed by atoms with Crippen LogP contribution in [0.25, 0.3) is 20.7 Å². The van der Waals surface area contributed by atoms with Gasteiger partial charge in [-0.3, -0.25) is 14.6 Å². The fraction of sp³-hybridized carbons (Fsp3) is 0.0800. The van der Waals surface area contributed by atoms with Crippen molar-refractivity contribution in [1.29, 1.82) is 0 Å². The number of fused-ring (bicyclic) bond motifs is 1. The molecular formula is C25H19N5O2S. The van der Waals surface area contributed by atoms with Gasteiger partial charge in [0.2, 0.25) is 0 Å². The Morgan fingerprint density at radius 2 is 1.82 bits per heavy atom. The van der Waals surface area contributed by atoms with Crippen LogP contribution >= 0.6 is 11.3 Å². The summed E-state index contributed by atoms with van der Waals surface area (Å²) in [4.78, 5) is 37.6. The van der Waals surface area contributed by atoms with Gasteiger partial charge in [-0.15, -0.1) is 11.3 Å². The number of nitrogens with zero attached hydrogens (tertiary/aromatic N) is 4. The number of rotatable bonds is 5. The van der Waals surface area contributed by atoms with E-state index in [1.54, 1.807) is 6.33 Å². The molecule has 5 aromatic rings. The van der Waals surface area contributed by atoms with E-state index >= 15 is 0 Å². The fourth-order valence-corrected chi connectivity index (χ4v) is 4.54. The van der Waals surface area contributed by atoms with Crippen molar-refractivity contribution in [2.75, 3.05) is 5.32 Å². The minimum atomic E-state index is -0.322. The van der Waals surface area contributed by atoms with Gasteiger partial charge in [0, 0.05) is 29.5 Å². The van der Waals surface area contributed by atoms with Crippen molar-refractivity contribution in [2.24, 2.45) is 0 Å². The molecule has 0 saturated carbocycles. The molecule has 0 bridgehead atoms. The molecular weight excluding hydrogens is 434 g/mol. The Kier molecular flexibility index (Phi) is 5.50. The van der Waals surface area contributed by atoms with Crippen LogP contribution in [0, 0.1) is 6.92 Å². The van der Waals surface area contributed by atoms with Gasteiger partial charge in [-0.1, -0.05) is 42.0 Å². The quantitative estimate of drug-likeness (QED) is 0.422. The van der Waals surface area contributed by atoms with E-state index < -0.39 is 0 Å². The average Bonchev–Trinajstić information content (AvgIpc) is 3.30. The van der Waals surface area contributed by atoms with E-state index in [0.29, 0.717) is 16.9 Å². The van der Waals surface area contributed by atoms with E-state index in [2.05, 4.69) is 51.5 Å². The SMILES string of the molecule is Cc1ccc(Cn2cnc(=O)c3sc(-c4ccc(NC(=O)c5cnccn5)cc4)cc32)cc1. The summed E-state index contributed by atoms with van der Waals surface area (Å²) >= 11 is 1.42. The zero-order valence-corrected chi connectivity index (χ0v) is 18.5. The minimum absolute atomic E-state index is 0.228. The molecule has 162 valence electrons. The van der Waals surface area contributed by atoms with Crippen LogP contribution in [0.5, 0.6) is 0 Å². The van der Waals surface area contributed by atoms with Gasteiger partial charge in [-0.2, -0.15) is 4.98 Å². The highest BCUT2D eigenvalue weighted by Gasteiger charge is 2.12. The van der Waals surface area contributed by atoms with E-state index in [4.69, 9.17) is 0 Å². The molecule has 0 radical (unpaired) electrons. The second kappa shape index (κ2) is 8.76. The first-order valence-corrected chi connectivity index (χ1v) is 11.1. The summed E-state index contributed by atoms with van der Waals surface area (Å²) in [5, 5.41) is 2.81. The second-order valence-corrected chi connectivity index (χ2v) is 8.66. The molecule has 3 aromatic heterocycles. The molecule has 33 heavy (non-hydrogen) atoms. The first-order chi connectivity index (χ1) is 16.1. The Morgan fingerprint density at radius 1 is 1.03 bits per heavy atom. The third kappa shape index (κ3) is 4.42. The van der Waals surface area contributed by atoms with Crippen molar-refractivity contribution in [3.8, 4) is 10.4 Å². The summed E-state index contributed by atoms with van der Waals surface area (Å²) in [6, 6.07) is 17.8. The molecule has 5 rings (SSSR count). The largest absolute Gasteiger partial charge is 0.326 e. The third-order valence-electron chi connectivity index (χ3n) is 5.23. The van der Waals surface area contributed by atoms with Gasteiger partial charge in [0.15, 0.2) is 0 Å². The average molecular weight is 454 g/mol. The number of hydrogen-bond donors (Lipinski definition) is 1. The van der Waals surface area contributed by atoms with Gasteiger partial charge < -0.3 is 9.88 Å². The number of aromatic nitrogens is 4. The van der Waals surface area contributed by atoms with Gasteiger partial charge in [0.05, 0.1) is 18.0 Å². The molecule has 1 amide bonds. The molecule has 0 aliphatic rings. The predicted octanol–water partition coefficient (Wildman–Crippen LogP) is 4.52. The number of benzene rings is 2. The fourth-order valence-electron chi connectivity index (χ4n) is 3.48. The van der Waals surface area contributed by atoms with Crippen LogP contribution in [-0.2, 0) is 6.54 Å². The lowest BCUT2D eigenvalue weighted by Crippen LogP contribution is -2.13. The number of carbonyl (C=O) groups excluding carboxylic acids is 1. The topological polar surface area (TPSA) is 89.8 Å². The predicted molar refractivity (Wildman–Crippen MR) is 130 cm³/mol. The molecule has 0 unspecified atom stereocenters. The number of nitrogens with one attached hydrogen (secondary N) is 1. The normalized spacial score (nSPS) is 10.9.